The van der Waals surface area contributed by atoms with Crippen LogP contribution in [0.3, 0.4) is 0 Å². The van der Waals surface area contributed by atoms with E-state index in [-0.39, 0.29) is 12.4 Å². The monoisotopic (exact) mass is 358 g/mol. The smallest absolute Gasteiger partial charge is 0.148 e. The van der Waals surface area contributed by atoms with Crippen molar-refractivity contribution in [3.8, 4) is 5.75 Å². The van der Waals surface area contributed by atoms with E-state index >= 15 is 0 Å². The van der Waals surface area contributed by atoms with Gasteiger partial charge < -0.3 is 14.6 Å². The van der Waals surface area contributed by atoms with Gasteiger partial charge in [-0.05, 0) is 30.8 Å². The standard InChI is InChI=1S/C21H26N2O.ClH/c1-3-23(4-2)14-15-24-21-18-12-8-9-13-19(18)22-20(21)16-17-10-6-5-7-11-17;/h5-13,22H,3-4,14-16H2,1-2H3;1H. The maximum absolute atomic E-state index is 6.22. The molecule has 0 unspecified atom stereocenters. The molecule has 0 bridgehead atoms. The summed E-state index contributed by atoms with van der Waals surface area (Å²) in [5, 5.41) is 1.17. The van der Waals surface area contributed by atoms with E-state index in [0.717, 1.165) is 43.0 Å². The first-order chi connectivity index (χ1) is 11.8. The van der Waals surface area contributed by atoms with Crippen LogP contribution in [0.25, 0.3) is 10.9 Å². The van der Waals surface area contributed by atoms with E-state index in [1.807, 2.05) is 0 Å². The molecule has 3 aromatic rings. The number of hydrogen-bond donors (Lipinski definition) is 1. The van der Waals surface area contributed by atoms with E-state index < -0.39 is 0 Å². The Balaban J connectivity index is 0.00000225. The molecular weight excluding hydrogens is 332 g/mol. The zero-order valence-electron chi connectivity index (χ0n) is 15.0. The predicted molar refractivity (Wildman–Crippen MR) is 108 cm³/mol. The minimum absolute atomic E-state index is 0. The highest BCUT2D eigenvalue weighted by Crippen LogP contribution is 2.31. The van der Waals surface area contributed by atoms with E-state index in [2.05, 4.69) is 78.3 Å². The van der Waals surface area contributed by atoms with Crippen LogP contribution in [-0.2, 0) is 6.42 Å². The van der Waals surface area contributed by atoms with Gasteiger partial charge in [-0.2, -0.15) is 0 Å². The summed E-state index contributed by atoms with van der Waals surface area (Å²) in [5.74, 6) is 1.00. The van der Waals surface area contributed by atoms with Crippen molar-refractivity contribution in [2.45, 2.75) is 20.3 Å². The lowest BCUT2D eigenvalue weighted by Gasteiger charge is -2.18. The Morgan fingerprint density at radius 3 is 2.32 bits per heavy atom. The number of aromatic amines is 1. The van der Waals surface area contributed by atoms with Crippen molar-refractivity contribution in [3.63, 3.8) is 0 Å². The zero-order chi connectivity index (χ0) is 16.8. The van der Waals surface area contributed by atoms with Crippen LogP contribution in [-0.4, -0.2) is 36.1 Å². The molecule has 0 spiro atoms. The minimum atomic E-state index is 0. The van der Waals surface area contributed by atoms with Gasteiger partial charge in [0.1, 0.15) is 12.4 Å². The van der Waals surface area contributed by atoms with Crippen LogP contribution in [0.4, 0.5) is 0 Å². The highest BCUT2D eigenvalue weighted by Gasteiger charge is 2.13. The number of ether oxygens (including phenoxy) is 1. The molecule has 1 N–H and O–H groups in total. The number of nitrogens with zero attached hydrogens (tertiary/aromatic N) is 1. The maximum atomic E-state index is 6.22. The third kappa shape index (κ3) is 4.77. The molecule has 3 rings (SSSR count). The second kappa shape index (κ2) is 9.50. The number of rotatable bonds is 8. The fraction of sp³-hybridized carbons (Fsp3) is 0.333. The minimum Gasteiger partial charge on any atom is -0.490 e. The van der Waals surface area contributed by atoms with Crippen LogP contribution in [0.1, 0.15) is 25.1 Å². The van der Waals surface area contributed by atoms with Crippen LogP contribution in [0.5, 0.6) is 5.75 Å². The van der Waals surface area contributed by atoms with Crippen molar-refractivity contribution in [2.75, 3.05) is 26.2 Å². The molecule has 0 fully saturated rings. The molecule has 0 saturated heterocycles. The van der Waals surface area contributed by atoms with E-state index in [1.54, 1.807) is 0 Å². The summed E-state index contributed by atoms with van der Waals surface area (Å²) in [7, 11) is 0. The summed E-state index contributed by atoms with van der Waals surface area (Å²) in [6.45, 7) is 8.17. The van der Waals surface area contributed by atoms with Gasteiger partial charge in [-0.25, -0.2) is 0 Å². The molecule has 25 heavy (non-hydrogen) atoms. The van der Waals surface area contributed by atoms with Gasteiger partial charge >= 0.3 is 0 Å². The Labute approximate surface area is 156 Å². The summed E-state index contributed by atoms with van der Waals surface area (Å²) >= 11 is 0. The number of benzene rings is 2. The van der Waals surface area contributed by atoms with Crippen LogP contribution < -0.4 is 4.74 Å². The lowest BCUT2D eigenvalue weighted by molar-refractivity contribution is 0.223. The Bertz CT molecular complexity index is 766. The summed E-state index contributed by atoms with van der Waals surface area (Å²) < 4.78 is 6.22. The van der Waals surface area contributed by atoms with Gasteiger partial charge in [-0.1, -0.05) is 56.3 Å². The highest BCUT2D eigenvalue weighted by molar-refractivity contribution is 5.88. The topological polar surface area (TPSA) is 28.3 Å². The van der Waals surface area contributed by atoms with Crippen LogP contribution in [0, 0.1) is 0 Å². The molecule has 134 valence electrons. The van der Waals surface area contributed by atoms with Gasteiger partial charge in [0, 0.05) is 23.9 Å². The lowest BCUT2D eigenvalue weighted by Crippen LogP contribution is -2.28. The number of para-hydroxylation sites is 1. The molecule has 0 aliphatic rings. The van der Waals surface area contributed by atoms with Gasteiger partial charge in [0.25, 0.3) is 0 Å². The van der Waals surface area contributed by atoms with E-state index in [9.17, 15) is 0 Å². The second-order valence-electron chi connectivity index (χ2n) is 6.02. The van der Waals surface area contributed by atoms with Crippen LogP contribution in [0.2, 0.25) is 0 Å². The summed E-state index contributed by atoms with van der Waals surface area (Å²) in [5.41, 5.74) is 3.58. The largest absolute Gasteiger partial charge is 0.490 e. The zero-order valence-corrected chi connectivity index (χ0v) is 15.8. The van der Waals surface area contributed by atoms with Crippen LogP contribution >= 0.6 is 12.4 Å². The summed E-state index contributed by atoms with van der Waals surface area (Å²) in [4.78, 5) is 5.92. The molecule has 4 heteroatoms. The van der Waals surface area contributed by atoms with Gasteiger partial charge in [0.15, 0.2) is 0 Å². The van der Waals surface area contributed by atoms with Crippen molar-refractivity contribution in [1.29, 1.82) is 0 Å². The van der Waals surface area contributed by atoms with Crippen molar-refractivity contribution in [2.24, 2.45) is 0 Å². The molecule has 0 aliphatic carbocycles. The van der Waals surface area contributed by atoms with Gasteiger partial charge in [-0.15, -0.1) is 12.4 Å². The second-order valence-corrected chi connectivity index (χ2v) is 6.02. The number of aromatic nitrogens is 1. The van der Waals surface area contributed by atoms with Crippen molar-refractivity contribution >= 4 is 23.3 Å². The molecule has 2 aromatic carbocycles. The van der Waals surface area contributed by atoms with E-state index in [4.69, 9.17) is 4.74 Å². The van der Waals surface area contributed by atoms with Gasteiger partial charge in [0.05, 0.1) is 5.69 Å². The van der Waals surface area contributed by atoms with E-state index in [0.29, 0.717) is 6.61 Å². The van der Waals surface area contributed by atoms with Crippen molar-refractivity contribution < 1.29 is 4.74 Å². The first-order valence-corrected chi connectivity index (χ1v) is 8.80. The average molecular weight is 359 g/mol. The Kier molecular flexibility index (Phi) is 7.35. The maximum Gasteiger partial charge on any atom is 0.148 e. The first kappa shape index (κ1) is 19.4. The third-order valence-corrected chi connectivity index (χ3v) is 4.50. The van der Waals surface area contributed by atoms with Gasteiger partial charge in [0.2, 0.25) is 0 Å². The number of likely N-dealkylation sites (N-methyl/N-ethyl adjacent to an activating group) is 1. The Morgan fingerprint density at radius 2 is 1.60 bits per heavy atom. The molecule has 1 heterocycles. The van der Waals surface area contributed by atoms with Gasteiger partial charge in [-0.3, -0.25) is 0 Å². The molecule has 3 nitrogen and oxygen atoms in total. The number of nitrogens with one attached hydrogen (secondary N) is 1. The summed E-state index contributed by atoms with van der Waals surface area (Å²) in [6.07, 6.45) is 0.857. The first-order valence-electron chi connectivity index (χ1n) is 8.80. The molecule has 1 aromatic heterocycles. The normalized spacial score (nSPS) is 10.8. The molecule has 0 saturated carbocycles. The predicted octanol–water partition coefficient (Wildman–Crippen LogP) is 4.90. The summed E-state index contributed by atoms with van der Waals surface area (Å²) in [6, 6.07) is 18.9. The Hall–Kier alpha value is -1.97. The molecule has 0 amide bonds. The van der Waals surface area contributed by atoms with E-state index in [1.165, 1.54) is 10.9 Å². The number of halogens is 1. The quantitative estimate of drug-likeness (QED) is 0.620. The Morgan fingerprint density at radius 1 is 0.920 bits per heavy atom. The number of H-pyrrole nitrogens is 1. The van der Waals surface area contributed by atoms with Crippen molar-refractivity contribution in [3.05, 3.63) is 65.9 Å². The fourth-order valence-electron chi connectivity index (χ4n) is 3.08. The third-order valence-electron chi connectivity index (χ3n) is 4.50. The van der Waals surface area contributed by atoms with Crippen molar-refractivity contribution in [1.82, 2.24) is 9.88 Å². The SMILES string of the molecule is CCN(CC)CCOc1c(Cc2ccccc2)[nH]c2ccccc12.Cl. The molecule has 0 atom stereocenters. The number of fused-ring (bicyclic) bond motifs is 1. The molecule has 0 aliphatic heterocycles. The molecular formula is C21H27ClN2O. The van der Waals surface area contributed by atoms with Crippen LogP contribution in [0.15, 0.2) is 54.6 Å². The average Bonchev–Trinajstić information content (AvgIpc) is 2.97. The highest BCUT2D eigenvalue weighted by atomic mass is 35.5. The molecule has 0 radical (unpaired) electrons. The lowest BCUT2D eigenvalue weighted by atomic mass is 10.1. The number of hydrogen-bond acceptors (Lipinski definition) is 2. The fourth-order valence-corrected chi connectivity index (χ4v) is 3.08.